The number of nitrogens with zero attached hydrogens (tertiary/aromatic N) is 2. The van der Waals surface area contributed by atoms with Gasteiger partial charge >= 0.3 is 5.97 Å². The fraction of sp³-hybridized carbons (Fsp3) is 0.231. The Morgan fingerprint density at radius 1 is 1.24 bits per heavy atom. The molecular formula is C13H14N2O2. The third-order valence-corrected chi connectivity index (χ3v) is 2.69. The third-order valence-electron chi connectivity index (χ3n) is 2.69. The molecule has 17 heavy (non-hydrogen) atoms. The van der Waals surface area contributed by atoms with Gasteiger partial charge in [-0.15, -0.1) is 0 Å². The lowest BCUT2D eigenvalue weighted by Gasteiger charge is -2.05. The zero-order valence-corrected chi connectivity index (χ0v) is 10.1. The minimum atomic E-state index is -0.360. The van der Waals surface area contributed by atoms with Crippen LogP contribution in [0.25, 0.3) is 5.69 Å². The van der Waals surface area contributed by atoms with Crippen LogP contribution < -0.4 is 0 Å². The summed E-state index contributed by atoms with van der Waals surface area (Å²) in [6.45, 7) is 3.87. The first kappa shape index (κ1) is 11.4. The van der Waals surface area contributed by atoms with Crippen molar-refractivity contribution in [2.75, 3.05) is 7.11 Å². The molecule has 0 N–H and O–H groups in total. The van der Waals surface area contributed by atoms with Crippen molar-refractivity contribution in [2.24, 2.45) is 0 Å². The molecule has 0 fully saturated rings. The lowest BCUT2D eigenvalue weighted by atomic mass is 10.2. The zero-order chi connectivity index (χ0) is 12.4. The summed E-state index contributed by atoms with van der Waals surface area (Å²) in [5.41, 5.74) is 3.39. The number of carbonyl (C=O) groups excluding carboxylic acids is 1. The first-order valence-electron chi connectivity index (χ1n) is 5.33. The zero-order valence-electron chi connectivity index (χ0n) is 10.1. The van der Waals surface area contributed by atoms with Gasteiger partial charge in [0.2, 0.25) is 0 Å². The maximum absolute atomic E-state index is 11.5. The van der Waals surface area contributed by atoms with E-state index in [1.54, 1.807) is 4.68 Å². The molecule has 1 aromatic carbocycles. The van der Waals surface area contributed by atoms with E-state index in [4.69, 9.17) is 4.74 Å². The fourth-order valence-corrected chi connectivity index (χ4v) is 1.67. The summed E-state index contributed by atoms with van der Waals surface area (Å²) in [5.74, 6) is -0.360. The predicted octanol–water partition coefficient (Wildman–Crippen LogP) is 2.28. The van der Waals surface area contributed by atoms with Gasteiger partial charge in [0.15, 0.2) is 0 Å². The van der Waals surface area contributed by atoms with Crippen LogP contribution in [0.2, 0.25) is 0 Å². The van der Waals surface area contributed by atoms with Gasteiger partial charge in [0.05, 0.1) is 24.7 Å². The molecule has 0 saturated carbocycles. The van der Waals surface area contributed by atoms with E-state index < -0.39 is 0 Å². The van der Waals surface area contributed by atoms with Crippen molar-refractivity contribution < 1.29 is 9.53 Å². The lowest BCUT2D eigenvalue weighted by molar-refractivity contribution is 0.0600. The molecule has 0 radical (unpaired) electrons. The molecule has 0 atom stereocenters. The minimum Gasteiger partial charge on any atom is -0.465 e. The van der Waals surface area contributed by atoms with Gasteiger partial charge in [0.1, 0.15) is 5.56 Å². The Hall–Kier alpha value is -2.10. The molecule has 0 unspecified atom stereocenters. The van der Waals surface area contributed by atoms with Gasteiger partial charge < -0.3 is 4.74 Å². The fourth-order valence-electron chi connectivity index (χ4n) is 1.67. The Labute approximate surface area is 99.8 Å². The van der Waals surface area contributed by atoms with Gasteiger partial charge in [-0.3, -0.25) is 0 Å². The molecule has 2 aromatic rings. The van der Waals surface area contributed by atoms with Crippen molar-refractivity contribution >= 4 is 5.97 Å². The van der Waals surface area contributed by atoms with Gasteiger partial charge in [0, 0.05) is 0 Å². The minimum absolute atomic E-state index is 0.360. The molecule has 0 amide bonds. The Kier molecular flexibility index (Phi) is 2.95. The number of ether oxygens (including phenoxy) is 1. The Bertz CT molecular complexity index is 541. The summed E-state index contributed by atoms with van der Waals surface area (Å²) < 4.78 is 6.42. The highest BCUT2D eigenvalue weighted by atomic mass is 16.5. The number of aromatic nitrogens is 2. The summed E-state index contributed by atoms with van der Waals surface area (Å²) in [5, 5.41) is 4.20. The summed E-state index contributed by atoms with van der Waals surface area (Å²) in [4.78, 5) is 11.5. The van der Waals surface area contributed by atoms with E-state index in [-0.39, 0.29) is 5.97 Å². The summed E-state index contributed by atoms with van der Waals surface area (Å²) in [7, 11) is 1.37. The molecular weight excluding hydrogens is 216 g/mol. The molecule has 4 heteroatoms. The topological polar surface area (TPSA) is 44.1 Å². The van der Waals surface area contributed by atoms with Crippen molar-refractivity contribution in [1.29, 1.82) is 0 Å². The number of methoxy groups -OCH3 is 1. The summed E-state index contributed by atoms with van der Waals surface area (Å²) in [6, 6.07) is 7.95. The number of esters is 1. The van der Waals surface area contributed by atoms with Gasteiger partial charge in [-0.05, 0) is 26.0 Å². The van der Waals surface area contributed by atoms with Crippen molar-refractivity contribution in [2.45, 2.75) is 13.8 Å². The van der Waals surface area contributed by atoms with Crippen molar-refractivity contribution in [3.63, 3.8) is 0 Å². The number of benzene rings is 1. The number of hydrogen-bond acceptors (Lipinski definition) is 3. The van der Waals surface area contributed by atoms with Crippen molar-refractivity contribution in [3.8, 4) is 5.69 Å². The Morgan fingerprint density at radius 3 is 2.47 bits per heavy atom. The molecule has 0 spiro atoms. The monoisotopic (exact) mass is 230 g/mol. The normalized spacial score (nSPS) is 10.3. The average Bonchev–Trinajstić information content (AvgIpc) is 2.71. The second kappa shape index (κ2) is 4.41. The van der Waals surface area contributed by atoms with Crippen LogP contribution in [0, 0.1) is 13.8 Å². The standard InChI is InChI=1S/C13H14N2O2/c1-9-4-6-11(7-5-9)15-10(2)12(8-14-15)13(16)17-3/h4-8H,1-3H3. The van der Waals surface area contributed by atoms with Crippen LogP contribution in [0.1, 0.15) is 21.6 Å². The molecule has 1 aromatic heterocycles. The van der Waals surface area contributed by atoms with Gasteiger partial charge in [-0.2, -0.15) is 5.10 Å². The molecule has 0 aliphatic heterocycles. The Balaban J connectivity index is 2.44. The van der Waals surface area contributed by atoms with Crippen molar-refractivity contribution in [1.82, 2.24) is 9.78 Å². The first-order chi connectivity index (χ1) is 8.13. The highest BCUT2D eigenvalue weighted by Gasteiger charge is 2.14. The quantitative estimate of drug-likeness (QED) is 0.743. The van der Waals surface area contributed by atoms with Crippen LogP contribution in [-0.4, -0.2) is 22.9 Å². The van der Waals surface area contributed by atoms with E-state index in [1.807, 2.05) is 38.1 Å². The smallest absolute Gasteiger partial charge is 0.341 e. The number of hydrogen-bond donors (Lipinski definition) is 0. The Morgan fingerprint density at radius 2 is 1.88 bits per heavy atom. The van der Waals surface area contributed by atoms with Gasteiger partial charge in [0.25, 0.3) is 0 Å². The van der Waals surface area contributed by atoms with Crippen LogP contribution >= 0.6 is 0 Å². The van der Waals surface area contributed by atoms with E-state index in [0.29, 0.717) is 5.56 Å². The number of aryl methyl sites for hydroxylation is 1. The molecule has 0 bridgehead atoms. The summed E-state index contributed by atoms with van der Waals surface area (Å²) in [6.07, 6.45) is 1.53. The van der Waals surface area contributed by atoms with Crippen LogP contribution in [0.4, 0.5) is 0 Å². The number of carbonyl (C=O) groups is 1. The first-order valence-corrected chi connectivity index (χ1v) is 5.33. The predicted molar refractivity (Wildman–Crippen MR) is 64.4 cm³/mol. The molecule has 88 valence electrons. The SMILES string of the molecule is COC(=O)c1cnn(-c2ccc(C)cc2)c1C. The number of rotatable bonds is 2. The van der Waals surface area contributed by atoms with Crippen LogP contribution in [0.5, 0.6) is 0 Å². The largest absolute Gasteiger partial charge is 0.465 e. The third kappa shape index (κ3) is 2.06. The average molecular weight is 230 g/mol. The van der Waals surface area contributed by atoms with Crippen LogP contribution in [0.3, 0.4) is 0 Å². The molecule has 2 rings (SSSR count). The maximum atomic E-state index is 11.5. The van der Waals surface area contributed by atoms with Crippen LogP contribution in [-0.2, 0) is 4.74 Å². The van der Waals surface area contributed by atoms with E-state index >= 15 is 0 Å². The molecule has 0 aliphatic carbocycles. The van der Waals surface area contributed by atoms with Crippen LogP contribution in [0.15, 0.2) is 30.5 Å². The highest BCUT2D eigenvalue weighted by Crippen LogP contribution is 2.15. The van der Waals surface area contributed by atoms with E-state index in [1.165, 1.54) is 18.9 Å². The van der Waals surface area contributed by atoms with E-state index in [0.717, 1.165) is 11.4 Å². The molecule has 0 saturated heterocycles. The summed E-state index contributed by atoms with van der Waals surface area (Å²) >= 11 is 0. The highest BCUT2D eigenvalue weighted by molar-refractivity contribution is 5.90. The molecule has 1 heterocycles. The van der Waals surface area contributed by atoms with Crippen molar-refractivity contribution in [3.05, 3.63) is 47.3 Å². The lowest BCUT2D eigenvalue weighted by Crippen LogP contribution is -2.04. The molecule has 4 nitrogen and oxygen atoms in total. The van der Waals surface area contributed by atoms with E-state index in [9.17, 15) is 4.79 Å². The second-order valence-corrected chi connectivity index (χ2v) is 3.88. The second-order valence-electron chi connectivity index (χ2n) is 3.88. The van der Waals surface area contributed by atoms with Gasteiger partial charge in [-0.1, -0.05) is 17.7 Å². The van der Waals surface area contributed by atoms with E-state index in [2.05, 4.69) is 5.10 Å². The molecule has 0 aliphatic rings. The maximum Gasteiger partial charge on any atom is 0.341 e. The van der Waals surface area contributed by atoms with Gasteiger partial charge in [-0.25, -0.2) is 9.48 Å².